The first-order valence-electron chi connectivity index (χ1n) is 5.60. The van der Waals surface area contributed by atoms with Crippen molar-refractivity contribution in [2.45, 2.75) is 13.5 Å². The van der Waals surface area contributed by atoms with Crippen LogP contribution < -0.4 is 0 Å². The van der Waals surface area contributed by atoms with Gasteiger partial charge in [0.05, 0.1) is 0 Å². The van der Waals surface area contributed by atoms with Crippen molar-refractivity contribution >= 4 is 10.9 Å². The van der Waals surface area contributed by atoms with E-state index in [0.717, 1.165) is 12.5 Å². The SMILES string of the molecule is CC1CN(Cc2cc3ccccc3[nH]2)C1. The van der Waals surface area contributed by atoms with Gasteiger partial charge in [-0.25, -0.2) is 0 Å². The smallest absolute Gasteiger partial charge is 0.0456 e. The zero-order chi connectivity index (χ0) is 10.3. The fraction of sp³-hybridized carbons (Fsp3) is 0.385. The third-order valence-electron chi connectivity index (χ3n) is 3.12. The van der Waals surface area contributed by atoms with Gasteiger partial charge in [-0.2, -0.15) is 0 Å². The molecule has 2 nitrogen and oxygen atoms in total. The quantitative estimate of drug-likeness (QED) is 0.789. The standard InChI is InChI=1S/C13H16N2/c1-10-7-15(8-10)9-12-6-11-4-2-3-5-13(11)14-12/h2-6,10,14H,7-9H2,1H3. The van der Waals surface area contributed by atoms with Crippen LogP contribution in [-0.4, -0.2) is 23.0 Å². The first-order chi connectivity index (χ1) is 7.31. The number of aromatic nitrogens is 1. The third kappa shape index (κ3) is 1.65. The molecule has 0 amide bonds. The molecule has 0 saturated carbocycles. The fourth-order valence-corrected chi connectivity index (χ4v) is 2.42. The Hall–Kier alpha value is -1.28. The summed E-state index contributed by atoms with van der Waals surface area (Å²) < 4.78 is 0. The van der Waals surface area contributed by atoms with E-state index in [1.54, 1.807) is 0 Å². The second-order valence-electron chi connectivity index (χ2n) is 4.68. The Kier molecular flexibility index (Phi) is 2.03. The molecular weight excluding hydrogens is 184 g/mol. The zero-order valence-electron chi connectivity index (χ0n) is 9.03. The molecule has 2 heterocycles. The van der Waals surface area contributed by atoms with Crippen molar-refractivity contribution in [1.82, 2.24) is 9.88 Å². The highest BCUT2D eigenvalue weighted by atomic mass is 15.2. The van der Waals surface area contributed by atoms with Crippen LogP contribution in [0.5, 0.6) is 0 Å². The molecule has 1 aliphatic rings. The van der Waals surface area contributed by atoms with E-state index in [4.69, 9.17) is 0 Å². The number of hydrogen-bond donors (Lipinski definition) is 1. The second-order valence-corrected chi connectivity index (χ2v) is 4.68. The summed E-state index contributed by atoms with van der Waals surface area (Å²) in [6.07, 6.45) is 0. The van der Waals surface area contributed by atoms with E-state index in [0.29, 0.717) is 0 Å². The van der Waals surface area contributed by atoms with Crippen LogP contribution in [0.1, 0.15) is 12.6 Å². The number of H-pyrrole nitrogens is 1. The van der Waals surface area contributed by atoms with Crippen molar-refractivity contribution in [2.24, 2.45) is 5.92 Å². The number of nitrogens with one attached hydrogen (secondary N) is 1. The van der Waals surface area contributed by atoms with Crippen LogP contribution >= 0.6 is 0 Å². The minimum Gasteiger partial charge on any atom is -0.357 e. The summed E-state index contributed by atoms with van der Waals surface area (Å²) >= 11 is 0. The molecule has 15 heavy (non-hydrogen) atoms. The molecule has 1 N–H and O–H groups in total. The Morgan fingerprint density at radius 2 is 2.13 bits per heavy atom. The van der Waals surface area contributed by atoms with Crippen LogP contribution in [0.25, 0.3) is 10.9 Å². The van der Waals surface area contributed by atoms with Gasteiger partial charge in [0.2, 0.25) is 0 Å². The second kappa shape index (κ2) is 3.38. The predicted molar refractivity (Wildman–Crippen MR) is 62.7 cm³/mol. The molecule has 1 fully saturated rings. The van der Waals surface area contributed by atoms with Gasteiger partial charge < -0.3 is 4.98 Å². The van der Waals surface area contributed by atoms with Crippen LogP contribution in [0.3, 0.4) is 0 Å². The van der Waals surface area contributed by atoms with E-state index in [-0.39, 0.29) is 0 Å². The van der Waals surface area contributed by atoms with Crippen molar-refractivity contribution in [3.8, 4) is 0 Å². The number of para-hydroxylation sites is 1. The summed E-state index contributed by atoms with van der Waals surface area (Å²) in [4.78, 5) is 5.95. The molecule has 1 aliphatic heterocycles. The number of benzene rings is 1. The van der Waals surface area contributed by atoms with Crippen LogP contribution in [0.4, 0.5) is 0 Å². The Bertz CT molecular complexity index is 433. The number of fused-ring (bicyclic) bond motifs is 1. The lowest BCUT2D eigenvalue weighted by molar-refractivity contribution is 0.103. The number of hydrogen-bond acceptors (Lipinski definition) is 1. The summed E-state index contributed by atoms with van der Waals surface area (Å²) in [5.41, 5.74) is 2.59. The third-order valence-corrected chi connectivity index (χ3v) is 3.12. The Balaban J connectivity index is 1.80. The lowest BCUT2D eigenvalue weighted by atomic mass is 10.0. The van der Waals surface area contributed by atoms with Crippen LogP contribution in [0.2, 0.25) is 0 Å². The minimum absolute atomic E-state index is 0.884. The predicted octanol–water partition coefficient (Wildman–Crippen LogP) is 2.62. The van der Waals surface area contributed by atoms with Gasteiger partial charge in [-0.05, 0) is 23.4 Å². The maximum absolute atomic E-state index is 3.47. The first-order valence-corrected chi connectivity index (χ1v) is 5.60. The molecule has 2 heteroatoms. The van der Waals surface area contributed by atoms with Gasteiger partial charge in [0.1, 0.15) is 0 Å². The Morgan fingerprint density at radius 1 is 1.33 bits per heavy atom. The molecule has 0 atom stereocenters. The topological polar surface area (TPSA) is 19.0 Å². The highest BCUT2D eigenvalue weighted by molar-refractivity contribution is 5.80. The maximum Gasteiger partial charge on any atom is 0.0456 e. The van der Waals surface area contributed by atoms with E-state index in [9.17, 15) is 0 Å². The average molecular weight is 200 g/mol. The number of rotatable bonds is 2. The molecule has 0 bridgehead atoms. The van der Waals surface area contributed by atoms with E-state index >= 15 is 0 Å². The van der Waals surface area contributed by atoms with Gasteiger partial charge >= 0.3 is 0 Å². The molecule has 1 aromatic carbocycles. The van der Waals surface area contributed by atoms with Gasteiger partial charge in [0, 0.05) is 30.8 Å². The van der Waals surface area contributed by atoms with Gasteiger partial charge in [-0.15, -0.1) is 0 Å². The highest BCUT2D eigenvalue weighted by Crippen LogP contribution is 2.20. The minimum atomic E-state index is 0.884. The van der Waals surface area contributed by atoms with Crippen LogP contribution in [0, 0.1) is 5.92 Å². The van der Waals surface area contributed by atoms with Gasteiger partial charge in [0.25, 0.3) is 0 Å². The van der Waals surface area contributed by atoms with Crippen molar-refractivity contribution in [1.29, 1.82) is 0 Å². The lowest BCUT2D eigenvalue weighted by Gasteiger charge is -2.36. The summed E-state index contributed by atoms with van der Waals surface area (Å²) in [7, 11) is 0. The molecule has 0 spiro atoms. The maximum atomic E-state index is 3.47. The average Bonchev–Trinajstić information content (AvgIpc) is 2.57. The number of likely N-dealkylation sites (tertiary alicyclic amines) is 1. The molecule has 1 aromatic heterocycles. The van der Waals surface area contributed by atoms with Crippen molar-refractivity contribution in [3.63, 3.8) is 0 Å². The largest absolute Gasteiger partial charge is 0.357 e. The summed E-state index contributed by atoms with van der Waals surface area (Å²) in [5.74, 6) is 0.884. The van der Waals surface area contributed by atoms with E-state index in [2.05, 4.69) is 47.1 Å². The van der Waals surface area contributed by atoms with Gasteiger partial charge in [-0.3, -0.25) is 4.90 Å². The first kappa shape index (κ1) is 8.98. The zero-order valence-corrected chi connectivity index (χ0v) is 9.03. The van der Waals surface area contributed by atoms with Crippen molar-refractivity contribution in [2.75, 3.05) is 13.1 Å². The van der Waals surface area contributed by atoms with Gasteiger partial charge in [-0.1, -0.05) is 25.1 Å². The van der Waals surface area contributed by atoms with Crippen molar-refractivity contribution in [3.05, 3.63) is 36.0 Å². The summed E-state index contributed by atoms with van der Waals surface area (Å²) in [5, 5.41) is 1.32. The van der Waals surface area contributed by atoms with Gasteiger partial charge in [0.15, 0.2) is 0 Å². The molecule has 78 valence electrons. The molecule has 2 aromatic rings. The number of aromatic amines is 1. The summed E-state index contributed by atoms with van der Waals surface area (Å²) in [6.45, 7) is 5.87. The number of nitrogens with zero attached hydrogens (tertiary/aromatic N) is 1. The molecule has 0 radical (unpaired) electrons. The van der Waals surface area contributed by atoms with Crippen LogP contribution in [-0.2, 0) is 6.54 Å². The molecule has 3 rings (SSSR count). The molecular formula is C13H16N2. The highest BCUT2D eigenvalue weighted by Gasteiger charge is 2.22. The van der Waals surface area contributed by atoms with Crippen LogP contribution in [0.15, 0.2) is 30.3 Å². The summed E-state index contributed by atoms with van der Waals surface area (Å²) in [6, 6.07) is 10.7. The Labute approximate surface area is 89.9 Å². The Morgan fingerprint density at radius 3 is 2.87 bits per heavy atom. The molecule has 1 saturated heterocycles. The monoisotopic (exact) mass is 200 g/mol. The van der Waals surface area contributed by atoms with Crippen molar-refractivity contribution < 1.29 is 0 Å². The lowest BCUT2D eigenvalue weighted by Crippen LogP contribution is -2.44. The van der Waals surface area contributed by atoms with E-state index in [1.807, 2.05) is 0 Å². The molecule has 0 aliphatic carbocycles. The van der Waals surface area contributed by atoms with E-state index in [1.165, 1.54) is 29.7 Å². The molecule has 0 unspecified atom stereocenters. The van der Waals surface area contributed by atoms with E-state index < -0.39 is 0 Å². The fourth-order valence-electron chi connectivity index (χ4n) is 2.42. The normalized spacial score (nSPS) is 18.2.